The number of phenolic OH excluding ortho intramolecular Hbond substituents is 1. The molecule has 0 unspecified atom stereocenters. The van der Waals surface area contributed by atoms with Gasteiger partial charge in [0.25, 0.3) is 0 Å². The van der Waals surface area contributed by atoms with E-state index >= 15 is 0 Å². The third-order valence-electron chi connectivity index (χ3n) is 2.79. The van der Waals surface area contributed by atoms with E-state index in [0.717, 1.165) is 24.9 Å². The number of aromatic hydroxyl groups is 1. The van der Waals surface area contributed by atoms with Gasteiger partial charge < -0.3 is 5.11 Å². The van der Waals surface area contributed by atoms with Gasteiger partial charge in [-0.3, -0.25) is 4.99 Å². The zero-order chi connectivity index (χ0) is 13.4. The van der Waals surface area contributed by atoms with Gasteiger partial charge >= 0.3 is 0 Å². The van der Waals surface area contributed by atoms with Crippen molar-refractivity contribution in [2.24, 2.45) is 4.99 Å². The first-order valence-corrected chi connectivity index (χ1v) is 6.83. The Balaban J connectivity index is 0.000000771. The Hall–Kier alpha value is -1.57. The summed E-state index contributed by atoms with van der Waals surface area (Å²) >= 11 is 0. The summed E-state index contributed by atoms with van der Waals surface area (Å²) in [7, 11) is 0. The molecule has 18 heavy (non-hydrogen) atoms. The Morgan fingerprint density at radius 2 is 2.06 bits per heavy atom. The monoisotopic (exact) mass is 245 g/mol. The molecule has 1 aliphatic carbocycles. The molecular formula is C16H23NO. The average Bonchev–Trinajstić information content (AvgIpc) is 2.80. The molecule has 0 bridgehead atoms. The van der Waals surface area contributed by atoms with Crippen molar-refractivity contribution in [1.82, 2.24) is 0 Å². The molecule has 1 aliphatic rings. The van der Waals surface area contributed by atoms with Crippen LogP contribution in [-0.2, 0) is 0 Å². The van der Waals surface area contributed by atoms with E-state index in [1.54, 1.807) is 12.1 Å². The smallest absolute Gasteiger partial charge is 0.116 e. The third kappa shape index (κ3) is 4.02. The topological polar surface area (TPSA) is 32.6 Å². The van der Waals surface area contributed by atoms with Gasteiger partial charge in [-0.15, -0.1) is 0 Å². The van der Waals surface area contributed by atoms with E-state index in [-0.39, 0.29) is 0 Å². The molecule has 0 aromatic heterocycles. The molecule has 0 radical (unpaired) electrons. The number of phenols is 1. The van der Waals surface area contributed by atoms with Gasteiger partial charge in [0.15, 0.2) is 0 Å². The first-order valence-electron chi connectivity index (χ1n) is 6.83. The SMILES string of the molecule is CC.CCN=C1CCCC1=Cc1cccc(O)c1. The fraction of sp³-hybridized carbons (Fsp3) is 0.438. The Kier molecular flexibility index (Phi) is 6.20. The molecule has 1 aromatic rings. The van der Waals surface area contributed by atoms with E-state index in [1.165, 1.54) is 17.7 Å². The van der Waals surface area contributed by atoms with Gasteiger partial charge in [-0.25, -0.2) is 0 Å². The van der Waals surface area contributed by atoms with Crippen molar-refractivity contribution in [2.45, 2.75) is 40.0 Å². The molecule has 1 saturated carbocycles. The highest BCUT2D eigenvalue weighted by Crippen LogP contribution is 2.25. The Bertz CT molecular complexity index is 432. The summed E-state index contributed by atoms with van der Waals surface area (Å²) in [4.78, 5) is 4.51. The van der Waals surface area contributed by atoms with Crippen molar-refractivity contribution in [1.29, 1.82) is 0 Å². The first kappa shape index (κ1) is 14.5. The van der Waals surface area contributed by atoms with Crippen LogP contribution in [0.2, 0.25) is 0 Å². The summed E-state index contributed by atoms with van der Waals surface area (Å²) < 4.78 is 0. The highest BCUT2D eigenvalue weighted by atomic mass is 16.3. The van der Waals surface area contributed by atoms with E-state index in [4.69, 9.17) is 0 Å². The number of hydrogen-bond donors (Lipinski definition) is 1. The molecular weight excluding hydrogens is 222 g/mol. The van der Waals surface area contributed by atoms with Gasteiger partial charge in [0.1, 0.15) is 5.75 Å². The summed E-state index contributed by atoms with van der Waals surface area (Å²) in [6, 6.07) is 7.36. The molecule has 98 valence electrons. The minimum atomic E-state index is 0.321. The second-order valence-electron chi connectivity index (χ2n) is 4.04. The van der Waals surface area contributed by atoms with E-state index in [0.29, 0.717) is 5.75 Å². The molecule has 1 aromatic carbocycles. The Labute approximate surface area is 110 Å². The summed E-state index contributed by atoms with van der Waals surface area (Å²) in [5.41, 5.74) is 3.62. The minimum absolute atomic E-state index is 0.321. The van der Waals surface area contributed by atoms with Crippen molar-refractivity contribution in [2.75, 3.05) is 6.54 Å². The van der Waals surface area contributed by atoms with Crippen LogP contribution < -0.4 is 0 Å². The van der Waals surface area contributed by atoms with Gasteiger partial charge in [-0.2, -0.15) is 0 Å². The number of allylic oxidation sites excluding steroid dienone is 1. The second-order valence-corrected chi connectivity index (χ2v) is 4.04. The van der Waals surface area contributed by atoms with E-state index in [9.17, 15) is 5.11 Å². The Morgan fingerprint density at radius 3 is 2.72 bits per heavy atom. The van der Waals surface area contributed by atoms with Crippen molar-refractivity contribution >= 4 is 11.8 Å². The molecule has 1 fully saturated rings. The number of hydrogen-bond acceptors (Lipinski definition) is 2. The van der Waals surface area contributed by atoms with Crippen LogP contribution in [0.15, 0.2) is 34.8 Å². The Morgan fingerprint density at radius 1 is 1.28 bits per heavy atom. The van der Waals surface area contributed by atoms with Crippen LogP contribution in [0.1, 0.15) is 45.6 Å². The van der Waals surface area contributed by atoms with Gasteiger partial charge in [-0.05, 0) is 55.5 Å². The lowest BCUT2D eigenvalue weighted by Gasteiger charge is -2.01. The quantitative estimate of drug-likeness (QED) is 0.820. The number of nitrogens with zero attached hydrogens (tertiary/aromatic N) is 1. The lowest BCUT2D eigenvalue weighted by atomic mass is 10.1. The van der Waals surface area contributed by atoms with Gasteiger partial charge in [0.05, 0.1) is 0 Å². The minimum Gasteiger partial charge on any atom is -0.508 e. The van der Waals surface area contributed by atoms with Crippen molar-refractivity contribution < 1.29 is 5.11 Å². The molecule has 0 heterocycles. The zero-order valence-electron chi connectivity index (χ0n) is 11.6. The molecule has 2 heteroatoms. The number of benzene rings is 1. The molecule has 0 aliphatic heterocycles. The summed E-state index contributed by atoms with van der Waals surface area (Å²) in [5.74, 6) is 0.321. The van der Waals surface area contributed by atoms with Gasteiger partial charge in [0, 0.05) is 12.3 Å². The number of rotatable bonds is 2. The molecule has 0 atom stereocenters. The predicted molar refractivity (Wildman–Crippen MR) is 79.3 cm³/mol. The van der Waals surface area contributed by atoms with Crippen LogP contribution in [0.25, 0.3) is 6.08 Å². The van der Waals surface area contributed by atoms with Gasteiger partial charge in [-0.1, -0.05) is 26.0 Å². The normalized spacial score (nSPS) is 18.8. The van der Waals surface area contributed by atoms with Crippen LogP contribution >= 0.6 is 0 Å². The van der Waals surface area contributed by atoms with Crippen LogP contribution in [0.4, 0.5) is 0 Å². The standard InChI is InChI=1S/C14H17NO.C2H6/c1-2-15-14-8-4-6-12(14)9-11-5-3-7-13(16)10-11;1-2/h3,5,7,9-10,16H,2,4,6,8H2,1H3;1-2H3. The predicted octanol–water partition coefficient (Wildman–Crippen LogP) is 4.45. The van der Waals surface area contributed by atoms with E-state index in [2.05, 4.69) is 18.0 Å². The average molecular weight is 245 g/mol. The fourth-order valence-electron chi connectivity index (χ4n) is 2.09. The largest absolute Gasteiger partial charge is 0.508 e. The van der Waals surface area contributed by atoms with Crippen LogP contribution in [0.3, 0.4) is 0 Å². The maximum Gasteiger partial charge on any atom is 0.116 e. The maximum absolute atomic E-state index is 9.40. The molecule has 2 nitrogen and oxygen atoms in total. The van der Waals surface area contributed by atoms with E-state index in [1.807, 2.05) is 26.0 Å². The number of aliphatic imine (C=N–C) groups is 1. The molecule has 0 amide bonds. The fourth-order valence-corrected chi connectivity index (χ4v) is 2.09. The van der Waals surface area contributed by atoms with Crippen LogP contribution in [0.5, 0.6) is 5.75 Å². The van der Waals surface area contributed by atoms with Crippen molar-refractivity contribution in [3.05, 3.63) is 35.4 Å². The van der Waals surface area contributed by atoms with Crippen LogP contribution in [-0.4, -0.2) is 17.4 Å². The summed E-state index contributed by atoms with van der Waals surface area (Å²) in [6.45, 7) is 6.92. The first-order chi connectivity index (χ1) is 8.79. The van der Waals surface area contributed by atoms with Crippen molar-refractivity contribution in [3.8, 4) is 5.75 Å². The zero-order valence-corrected chi connectivity index (χ0v) is 11.6. The highest BCUT2D eigenvalue weighted by Gasteiger charge is 2.14. The maximum atomic E-state index is 9.40. The van der Waals surface area contributed by atoms with Gasteiger partial charge in [0.2, 0.25) is 0 Å². The van der Waals surface area contributed by atoms with Crippen molar-refractivity contribution in [3.63, 3.8) is 0 Å². The van der Waals surface area contributed by atoms with Crippen LogP contribution in [0, 0.1) is 0 Å². The summed E-state index contributed by atoms with van der Waals surface area (Å²) in [6.07, 6.45) is 5.54. The second kappa shape index (κ2) is 7.70. The molecule has 0 spiro atoms. The molecule has 1 N–H and O–H groups in total. The molecule has 2 rings (SSSR count). The third-order valence-corrected chi connectivity index (χ3v) is 2.79. The summed E-state index contributed by atoms with van der Waals surface area (Å²) in [5, 5.41) is 9.40. The van der Waals surface area contributed by atoms with E-state index < -0.39 is 0 Å². The highest BCUT2D eigenvalue weighted by molar-refractivity contribution is 6.05. The molecule has 0 saturated heterocycles. The lowest BCUT2D eigenvalue weighted by Crippen LogP contribution is -1.94. The lowest BCUT2D eigenvalue weighted by molar-refractivity contribution is 0.475.